The maximum atomic E-state index is 13.0. The van der Waals surface area contributed by atoms with Crippen LogP contribution in [0.5, 0.6) is 0 Å². The fourth-order valence-corrected chi connectivity index (χ4v) is 3.63. The molecule has 132 valence electrons. The fraction of sp³-hybridized carbons (Fsp3) is 0.250. The molecule has 0 bridgehead atoms. The molecule has 0 radical (unpaired) electrons. The highest BCUT2D eigenvalue weighted by Crippen LogP contribution is 2.33. The first-order chi connectivity index (χ1) is 12.6. The van der Waals surface area contributed by atoms with Crippen LogP contribution in [-0.2, 0) is 0 Å². The summed E-state index contributed by atoms with van der Waals surface area (Å²) in [6, 6.07) is 15.8. The van der Waals surface area contributed by atoms with Crippen molar-refractivity contribution in [3.8, 4) is 5.69 Å². The Kier molecular flexibility index (Phi) is 4.47. The standard InChI is InChI=1S/C20H19ClN4O/c1-14-8-10-15(11-9-14)18-7-4-12-24(18)20(26)17-13-25(23-22-17)19-6-3-2-5-16(19)21/h2-3,5-6,8-11,13,18H,4,7,12H2,1H3. The third kappa shape index (κ3) is 3.10. The molecule has 0 N–H and O–H groups in total. The van der Waals surface area contributed by atoms with E-state index in [0.717, 1.165) is 19.4 Å². The molecule has 1 saturated heterocycles. The number of benzene rings is 2. The maximum Gasteiger partial charge on any atom is 0.276 e. The number of hydrogen-bond acceptors (Lipinski definition) is 3. The topological polar surface area (TPSA) is 51.0 Å². The van der Waals surface area contributed by atoms with Crippen LogP contribution in [0.2, 0.25) is 5.02 Å². The van der Waals surface area contributed by atoms with Crippen molar-refractivity contribution >= 4 is 17.5 Å². The second-order valence-electron chi connectivity index (χ2n) is 6.57. The molecular weight excluding hydrogens is 348 g/mol. The van der Waals surface area contributed by atoms with Gasteiger partial charge in [-0.1, -0.05) is 58.8 Å². The Hall–Kier alpha value is -2.66. The van der Waals surface area contributed by atoms with Gasteiger partial charge in [-0.2, -0.15) is 0 Å². The van der Waals surface area contributed by atoms with E-state index in [1.807, 2.05) is 23.1 Å². The summed E-state index contributed by atoms with van der Waals surface area (Å²) in [5.41, 5.74) is 3.42. The monoisotopic (exact) mass is 366 g/mol. The van der Waals surface area contributed by atoms with Gasteiger partial charge in [0.2, 0.25) is 0 Å². The van der Waals surface area contributed by atoms with Gasteiger partial charge in [-0.05, 0) is 37.5 Å². The summed E-state index contributed by atoms with van der Waals surface area (Å²) in [6.07, 6.45) is 3.60. The van der Waals surface area contributed by atoms with Crippen molar-refractivity contribution in [1.29, 1.82) is 0 Å². The Labute approximate surface area is 157 Å². The number of aryl methyl sites for hydroxylation is 1. The molecule has 2 aromatic carbocycles. The van der Waals surface area contributed by atoms with Crippen molar-refractivity contribution in [3.05, 3.63) is 76.6 Å². The second kappa shape index (κ2) is 6.92. The van der Waals surface area contributed by atoms with Crippen LogP contribution < -0.4 is 0 Å². The number of nitrogens with zero attached hydrogens (tertiary/aromatic N) is 4. The summed E-state index contributed by atoms with van der Waals surface area (Å²) >= 11 is 6.21. The van der Waals surface area contributed by atoms with E-state index < -0.39 is 0 Å². The van der Waals surface area contributed by atoms with Crippen molar-refractivity contribution in [2.75, 3.05) is 6.54 Å². The van der Waals surface area contributed by atoms with Gasteiger partial charge < -0.3 is 4.90 Å². The van der Waals surface area contributed by atoms with E-state index in [-0.39, 0.29) is 11.9 Å². The molecule has 2 heterocycles. The van der Waals surface area contributed by atoms with Gasteiger partial charge in [-0.3, -0.25) is 4.79 Å². The Bertz CT molecular complexity index is 935. The number of carbonyl (C=O) groups excluding carboxylic acids is 1. The average Bonchev–Trinajstić information content (AvgIpc) is 3.32. The fourth-order valence-electron chi connectivity index (χ4n) is 3.41. The van der Waals surface area contributed by atoms with Gasteiger partial charge in [0.05, 0.1) is 22.9 Å². The summed E-state index contributed by atoms with van der Waals surface area (Å²) in [5, 5.41) is 8.73. The molecule has 4 rings (SSSR count). The molecular formula is C20H19ClN4O. The minimum atomic E-state index is -0.0913. The number of amides is 1. The number of aromatic nitrogens is 3. The van der Waals surface area contributed by atoms with E-state index in [2.05, 4.69) is 41.5 Å². The molecule has 0 spiro atoms. The first-order valence-electron chi connectivity index (χ1n) is 8.68. The Morgan fingerprint density at radius 3 is 2.69 bits per heavy atom. The summed E-state index contributed by atoms with van der Waals surface area (Å²) < 4.78 is 1.55. The highest BCUT2D eigenvalue weighted by Gasteiger charge is 2.32. The minimum absolute atomic E-state index is 0.0913. The van der Waals surface area contributed by atoms with Crippen LogP contribution in [0, 0.1) is 6.92 Å². The van der Waals surface area contributed by atoms with Crippen LogP contribution in [0.4, 0.5) is 0 Å². The average molecular weight is 367 g/mol. The molecule has 1 atom stereocenters. The third-order valence-electron chi connectivity index (χ3n) is 4.79. The number of rotatable bonds is 3. The largest absolute Gasteiger partial charge is 0.330 e. The van der Waals surface area contributed by atoms with Gasteiger partial charge in [0, 0.05) is 6.54 Å². The number of hydrogen-bond donors (Lipinski definition) is 0. The molecule has 1 unspecified atom stereocenters. The van der Waals surface area contributed by atoms with Crippen LogP contribution in [0.1, 0.15) is 40.5 Å². The maximum absolute atomic E-state index is 13.0. The van der Waals surface area contributed by atoms with Gasteiger partial charge in [0.15, 0.2) is 5.69 Å². The van der Waals surface area contributed by atoms with Crippen molar-refractivity contribution in [2.24, 2.45) is 0 Å². The molecule has 26 heavy (non-hydrogen) atoms. The highest BCUT2D eigenvalue weighted by molar-refractivity contribution is 6.32. The first-order valence-corrected chi connectivity index (χ1v) is 9.06. The lowest BCUT2D eigenvalue weighted by Gasteiger charge is -2.24. The summed E-state index contributed by atoms with van der Waals surface area (Å²) in [6.45, 7) is 2.80. The Morgan fingerprint density at radius 2 is 1.92 bits per heavy atom. The molecule has 1 aliphatic heterocycles. The van der Waals surface area contributed by atoms with Gasteiger partial charge >= 0.3 is 0 Å². The van der Waals surface area contributed by atoms with Crippen LogP contribution in [-0.4, -0.2) is 32.3 Å². The SMILES string of the molecule is Cc1ccc(C2CCCN2C(=O)c2cn(-c3ccccc3Cl)nn2)cc1. The zero-order valence-corrected chi connectivity index (χ0v) is 15.2. The van der Waals surface area contributed by atoms with Crippen molar-refractivity contribution < 1.29 is 4.79 Å². The molecule has 1 fully saturated rings. The molecule has 5 nitrogen and oxygen atoms in total. The lowest BCUT2D eigenvalue weighted by Crippen LogP contribution is -2.30. The minimum Gasteiger partial charge on any atom is -0.330 e. The molecule has 3 aromatic rings. The van der Waals surface area contributed by atoms with Crippen LogP contribution in [0.15, 0.2) is 54.7 Å². The predicted molar refractivity (Wildman–Crippen MR) is 101 cm³/mol. The lowest BCUT2D eigenvalue weighted by atomic mass is 10.0. The van der Waals surface area contributed by atoms with E-state index in [1.54, 1.807) is 16.9 Å². The summed E-state index contributed by atoms with van der Waals surface area (Å²) in [4.78, 5) is 14.9. The van der Waals surface area contributed by atoms with Crippen molar-refractivity contribution in [3.63, 3.8) is 0 Å². The smallest absolute Gasteiger partial charge is 0.276 e. The van der Waals surface area contributed by atoms with Crippen LogP contribution >= 0.6 is 11.6 Å². The third-order valence-corrected chi connectivity index (χ3v) is 5.11. The quantitative estimate of drug-likeness (QED) is 0.697. The van der Waals surface area contributed by atoms with Crippen molar-refractivity contribution in [2.45, 2.75) is 25.8 Å². The summed E-state index contributed by atoms with van der Waals surface area (Å²) in [5.74, 6) is -0.0913. The van der Waals surface area contributed by atoms with E-state index in [1.165, 1.54) is 11.1 Å². The van der Waals surface area contributed by atoms with Gasteiger partial charge in [-0.25, -0.2) is 4.68 Å². The molecule has 6 heteroatoms. The normalized spacial score (nSPS) is 16.8. The van der Waals surface area contributed by atoms with Crippen LogP contribution in [0.25, 0.3) is 5.69 Å². The molecule has 1 amide bonds. The van der Waals surface area contributed by atoms with E-state index in [4.69, 9.17) is 11.6 Å². The highest BCUT2D eigenvalue weighted by atomic mass is 35.5. The van der Waals surface area contributed by atoms with E-state index in [9.17, 15) is 4.79 Å². The number of halogens is 1. The van der Waals surface area contributed by atoms with Gasteiger partial charge in [0.1, 0.15) is 0 Å². The number of carbonyl (C=O) groups is 1. The van der Waals surface area contributed by atoms with Gasteiger partial charge in [-0.15, -0.1) is 5.10 Å². The Morgan fingerprint density at radius 1 is 1.15 bits per heavy atom. The van der Waals surface area contributed by atoms with Crippen LogP contribution in [0.3, 0.4) is 0 Å². The summed E-state index contributed by atoms with van der Waals surface area (Å²) in [7, 11) is 0. The van der Waals surface area contributed by atoms with E-state index >= 15 is 0 Å². The lowest BCUT2D eigenvalue weighted by molar-refractivity contribution is 0.0729. The molecule has 1 aromatic heterocycles. The molecule has 0 aliphatic carbocycles. The van der Waals surface area contributed by atoms with Gasteiger partial charge in [0.25, 0.3) is 5.91 Å². The zero-order valence-electron chi connectivity index (χ0n) is 14.5. The van der Waals surface area contributed by atoms with Crippen molar-refractivity contribution in [1.82, 2.24) is 19.9 Å². The van der Waals surface area contributed by atoms with E-state index in [0.29, 0.717) is 16.4 Å². The Balaban J connectivity index is 1.59. The second-order valence-corrected chi connectivity index (χ2v) is 6.97. The predicted octanol–water partition coefficient (Wildman–Crippen LogP) is 4.21. The molecule has 0 saturated carbocycles. The molecule has 1 aliphatic rings. The zero-order chi connectivity index (χ0) is 18.1. The number of para-hydroxylation sites is 1. The number of likely N-dealkylation sites (tertiary alicyclic amines) is 1. The first kappa shape index (κ1) is 16.8.